The van der Waals surface area contributed by atoms with Crippen molar-refractivity contribution >= 4 is 29.5 Å². The highest BCUT2D eigenvalue weighted by Gasteiger charge is 2.63. The first-order valence-corrected chi connectivity index (χ1v) is 43.5. The average Bonchev–Trinajstić information content (AvgIpc) is 0.746. The van der Waals surface area contributed by atoms with Crippen LogP contribution in [0.1, 0.15) is 41.5 Å². The van der Waals surface area contributed by atoms with Gasteiger partial charge in [-0.3, -0.25) is 24.0 Å². The third kappa shape index (κ3) is 24.8. The first-order chi connectivity index (χ1) is 64.3. The summed E-state index contributed by atoms with van der Waals surface area (Å²) in [5.74, 6) is -4.78. The van der Waals surface area contributed by atoms with Crippen LogP contribution in [0.2, 0.25) is 0 Å². The Kier molecular flexibility index (Phi) is 40.1. The van der Waals surface area contributed by atoms with Crippen LogP contribution in [0.25, 0.3) is 0 Å². The maximum atomic E-state index is 13.4. The molecule has 0 saturated carbocycles. The lowest BCUT2D eigenvalue weighted by atomic mass is 9.93. The molecule has 0 aliphatic carbocycles. The number of aliphatic hydroxyl groups is 29. The number of hydrogen-bond acceptors (Lipinski definition) is 55. The van der Waals surface area contributed by atoms with Crippen LogP contribution >= 0.6 is 0 Å². The highest BCUT2D eigenvalue weighted by atomic mass is 16.8. The van der Waals surface area contributed by atoms with E-state index in [-0.39, 0.29) is 0 Å². The zero-order chi connectivity index (χ0) is 100. The summed E-state index contributed by atoms with van der Waals surface area (Å²) in [7, 11) is 0. The number of nitrogens with one attached hydrogen (secondary N) is 5. The summed E-state index contributed by atoms with van der Waals surface area (Å²) in [5.41, 5.74) is 0. The third-order valence-corrected chi connectivity index (χ3v) is 24.9. The highest BCUT2D eigenvalue weighted by molar-refractivity contribution is 5.75. The van der Waals surface area contributed by atoms with Gasteiger partial charge in [-0.05, 0) is 6.92 Å². The van der Waals surface area contributed by atoms with Crippen LogP contribution < -0.4 is 26.6 Å². The van der Waals surface area contributed by atoms with Crippen molar-refractivity contribution in [1.82, 2.24) is 26.6 Å². The molecular weight excluding hydrogens is 1860 g/mol. The molecule has 0 aromatic rings. The van der Waals surface area contributed by atoms with Crippen molar-refractivity contribution < 1.29 is 272 Å². The van der Waals surface area contributed by atoms with Crippen LogP contribution in [-0.4, -0.2) is 581 Å². The van der Waals surface area contributed by atoms with E-state index in [9.17, 15) is 172 Å². The summed E-state index contributed by atoms with van der Waals surface area (Å²) in [4.78, 5) is 64.9. The average molecular weight is 1990 g/mol. The van der Waals surface area contributed by atoms with Gasteiger partial charge in [0.1, 0.15) is 262 Å². The van der Waals surface area contributed by atoms with Gasteiger partial charge in [-0.1, -0.05) is 0 Å². The van der Waals surface area contributed by atoms with E-state index in [2.05, 4.69) is 26.6 Å². The summed E-state index contributed by atoms with van der Waals surface area (Å²) in [6, 6.07) is -9.70. The van der Waals surface area contributed by atoms with Gasteiger partial charge in [0.05, 0.1) is 72.2 Å². The molecule has 11 saturated heterocycles. The number of carbonyl (C=O) groups is 5. The van der Waals surface area contributed by atoms with Crippen molar-refractivity contribution in [2.75, 3.05) is 66.1 Å². The van der Waals surface area contributed by atoms with Crippen LogP contribution in [0.15, 0.2) is 0 Å². The molecule has 11 rings (SSSR count). The molecule has 11 heterocycles. The van der Waals surface area contributed by atoms with Crippen LogP contribution in [0.5, 0.6) is 0 Å². The number of hydrogen-bond donors (Lipinski definition) is 34. The largest absolute Gasteiger partial charge is 0.394 e. The van der Waals surface area contributed by atoms with Gasteiger partial charge in [0.15, 0.2) is 69.2 Å². The quantitative estimate of drug-likeness (QED) is 0.0280. The van der Waals surface area contributed by atoms with Gasteiger partial charge in [0.25, 0.3) is 0 Å². The summed E-state index contributed by atoms with van der Waals surface area (Å²) in [5, 5.41) is 338. The minimum Gasteiger partial charge on any atom is -0.394 e. The van der Waals surface area contributed by atoms with E-state index >= 15 is 0 Å². The molecule has 0 aromatic carbocycles. The fourth-order valence-corrected chi connectivity index (χ4v) is 17.7. The fourth-order valence-electron chi connectivity index (χ4n) is 17.7. The van der Waals surface area contributed by atoms with Crippen LogP contribution in [-0.2, 0) is 123 Å². The first kappa shape index (κ1) is 112. The van der Waals surface area contributed by atoms with Crippen LogP contribution in [0.4, 0.5) is 0 Å². The van der Waals surface area contributed by atoms with Gasteiger partial charge >= 0.3 is 0 Å². The molecule has 60 heteroatoms. The van der Waals surface area contributed by atoms with E-state index in [0.717, 1.165) is 34.6 Å². The minimum atomic E-state index is -2.74. The van der Waals surface area contributed by atoms with E-state index in [4.69, 9.17) is 99.5 Å². The van der Waals surface area contributed by atoms with E-state index in [0.29, 0.717) is 0 Å². The lowest BCUT2D eigenvalue weighted by Gasteiger charge is -2.52. The second kappa shape index (κ2) is 48.8. The molecule has 0 radical (unpaired) electrons. The first-order valence-electron chi connectivity index (χ1n) is 43.5. The molecule has 11 aliphatic heterocycles. The smallest absolute Gasteiger partial charge is 0.217 e. The summed E-state index contributed by atoms with van der Waals surface area (Å²) in [6.07, 6.45) is -105. The zero-order valence-electron chi connectivity index (χ0n) is 73.4. The number of carbonyl (C=O) groups excluding carboxylic acids is 5. The molecule has 0 bridgehead atoms. The van der Waals surface area contributed by atoms with E-state index < -0.39 is 433 Å². The van der Waals surface area contributed by atoms with Gasteiger partial charge in [-0.2, -0.15) is 0 Å². The molecule has 11 aliphatic rings. The van der Waals surface area contributed by atoms with E-state index in [1.807, 2.05) is 0 Å². The molecule has 0 spiro atoms. The van der Waals surface area contributed by atoms with Gasteiger partial charge in [0, 0.05) is 34.6 Å². The topological polar surface area (TPSA) is 926 Å². The Hall–Kier alpha value is -4.65. The molecule has 60 nitrogen and oxygen atoms in total. The standard InChI is InChI=1S/C76H127N5O55/c1-17-38(95)47(104)52(109)71(118-17)116-15-31-63(43(100)33(66(115)119-31)77-18(2)90)131-70-37(81-22(6)94)46(103)60(28(12-87)125-70)134-76-57(114)65(136-75-56(113)51(108)62(30(14-89)127-75)130-69-36(80-21(5)93)45(102)59(27(11-86)124-69)133-74-54(111)49(106)41(98)25(9-84)122-74)64(135-67-34(78-19(3)91)42(99)39(96)23(7-82)120-67)32(128-76)16-117-72-55(112)50(107)61(29(13-88)126-72)129-68-35(79-20(4)92)44(101)58(26(10-85)123-68)132-73-53(110)48(105)40(97)24(8-83)121-73/h17,23-76,82-89,95-115H,7-16H2,1-6H3,(H,77,90)(H,78,91)(H,79,92)(H,80,93)(H,81,94)/t17-,23+,24+,25+,26+,27+,28+,29+,30+,31+,32+,33+,34+,35+,36+,37+,38+,39+,40-,41-,42+,43+,44+,45+,46+,47+,48-,49-,50+,51+,52-,53+,54+,55-,56-,57-,58+,59+,60+,61+,62+,63+,64+,65+,66?,67-,68-,69-,70-,71+,72-,73-,74-,75+,76-/m0/s1. The van der Waals surface area contributed by atoms with Crippen LogP contribution in [0.3, 0.4) is 0 Å². The van der Waals surface area contributed by atoms with Crippen molar-refractivity contribution in [3.05, 3.63) is 0 Å². The molecule has 55 atom stereocenters. The second-order valence-corrected chi connectivity index (χ2v) is 34.5. The number of amides is 5. The van der Waals surface area contributed by atoms with Crippen molar-refractivity contribution in [3.8, 4) is 0 Å². The summed E-state index contributed by atoms with van der Waals surface area (Å²) >= 11 is 0. The molecule has 34 N–H and O–H groups in total. The molecule has 11 fully saturated rings. The normalized spacial score (nSPS) is 49.2. The van der Waals surface area contributed by atoms with E-state index in [1.165, 1.54) is 6.92 Å². The second-order valence-electron chi connectivity index (χ2n) is 34.5. The Bertz CT molecular complexity index is 3760. The predicted molar refractivity (Wildman–Crippen MR) is 419 cm³/mol. The number of aliphatic hydroxyl groups excluding tert-OH is 29. The summed E-state index contributed by atoms with van der Waals surface area (Å²) in [6.45, 7) is -5.49. The van der Waals surface area contributed by atoms with Crippen molar-refractivity contribution in [1.29, 1.82) is 0 Å². The van der Waals surface area contributed by atoms with Gasteiger partial charge in [-0.25, -0.2) is 0 Å². The monoisotopic (exact) mass is 1990 g/mol. The number of rotatable bonds is 35. The lowest BCUT2D eigenvalue weighted by Crippen LogP contribution is -2.71. The Labute approximate surface area is 770 Å². The maximum absolute atomic E-state index is 13.4. The predicted octanol–water partition coefficient (Wildman–Crippen LogP) is -23.2. The van der Waals surface area contributed by atoms with Crippen LogP contribution in [0, 0.1) is 0 Å². The van der Waals surface area contributed by atoms with Gasteiger partial charge in [0.2, 0.25) is 29.5 Å². The summed E-state index contributed by atoms with van der Waals surface area (Å²) < 4.78 is 126. The third-order valence-electron chi connectivity index (χ3n) is 24.9. The minimum absolute atomic E-state index is 0.869. The molecule has 136 heavy (non-hydrogen) atoms. The number of ether oxygens (including phenoxy) is 21. The Morgan fingerprint density at radius 2 is 0.426 bits per heavy atom. The zero-order valence-corrected chi connectivity index (χ0v) is 73.4. The van der Waals surface area contributed by atoms with Gasteiger partial charge in [-0.15, -0.1) is 0 Å². The maximum Gasteiger partial charge on any atom is 0.217 e. The van der Waals surface area contributed by atoms with Crippen molar-refractivity contribution in [2.45, 2.75) is 379 Å². The highest BCUT2D eigenvalue weighted by Crippen LogP contribution is 2.42. The lowest BCUT2D eigenvalue weighted by molar-refractivity contribution is -0.404. The molecule has 1 unspecified atom stereocenters. The Morgan fingerprint density at radius 3 is 0.787 bits per heavy atom. The van der Waals surface area contributed by atoms with Crippen molar-refractivity contribution in [2.24, 2.45) is 0 Å². The van der Waals surface area contributed by atoms with Gasteiger partial charge < -0.3 is 274 Å². The molecule has 0 aromatic heterocycles. The van der Waals surface area contributed by atoms with E-state index in [1.54, 1.807) is 0 Å². The molecular formula is C76H127N5O55. The molecule has 5 amide bonds. The molecule has 786 valence electrons. The Morgan fingerprint density at radius 1 is 0.206 bits per heavy atom. The Balaban J connectivity index is 0.942. The fraction of sp³-hybridized carbons (Fsp3) is 0.934. The van der Waals surface area contributed by atoms with Crippen molar-refractivity contribution in [3.63, 3.8) is 0 Å². The SMILES string of the molecule is CC(=O)N[C@H]1[C@H](O[C@H]2[C@H](O)[C@@H](NC(C)=O)C(O)O[C@@H]2CO[C@@H]2O[C@@H](C)[C@@H](O)[C@@H](O)[C@@H]2O)O[C@H](CO)[C@@H](O[C@@H]2O[C@H](CO[C@H]3O[C@H](CO)[C@@H](O[C@@H]4O[C@H](CO)[C@@H](O[C@@H]5O[C@H](CO)[C@H](O)[C@H](O)[C@H]5O)[C@H](O)[C@H]4NC(C)=O)[C@H](O)[C@@H]3O)[C@@H](O[C@@H]3O[C@H](CO)[C@@H](O)[C@H](O)[C@H]3NC(C)=O)[C@H](O[C@H]3O[C@H](CO)[C@@H](O[C@@H]4O[C@H](CO)[C@@H](O[C@@H]5O[C@H](CO)[C@H](O)[C@H](O)[C@H]5O)[C@H](O)[C@H]4NC(C)=O)[C@H](O)[C@@H]3O)[C@@H]2O)[C@@H]1O.